The lowest BCUT2D eigenvalue weighted by atomic mass is 9.81. The molecule has 224 valence electrons. The van der Waals surface area contributed by atoms with E-state index in [1.54, 1.807) is 0 Å². The van der Waals surface area contributed by atoms with Gasteiger partial charge in [0.1, 0.15) is 5.75 Å². The number of aliphatic hydroxyl groups excluding tert-OH is 1. The summed E-state index contributed by atoms with van der Waals surface area (Å²) in [6.45, 7) is 0.504. The second kappa shape index (κ2) is 12.4. The van der Waals surface area contributed by atoms with Gasteiger partial charge >= 0.3 is 0 Å². The number of benzene rings is 5. The SMILES string of the molecule is O=C(NC1c2ccccc2-c2ccccc21)[C@]1(Cc2ccccc2)N=C(c2ccc(OCCCO)cc2)O[C@@H]1c1ccccc1. The molecular formula is C39H34N2O4. The van der Waals surface area contributed by atoms with Crippen molar-refractivity contribution >= 4 is 11.8 Å². The van der Waals surface area contributed by atoms with E-state index in [9.17, 15) is 4.79 Å². The molecule has 0 aromatic heterocycles. The molecule has 2 atom stereocenters. The molecule has 0 bridgehead atoms. The van der Waals surface area contributed by atoms with Gasteiger partial charge in [-0.25, -0.2) is 4.99 Å². The second-order valence-electron chi connectivity index (χ2n) is 11.4. The van der Waals surface area contributed by atoms with E-state index in [4.69, 9.17) is 19.6 Å². The van der Waals surface area contributed by atoms with Gasteiger partial charge in [-0.1, -0.05) is 109 Å². The van der Waals surface area contributed by atoms with E-state index in [0.29, 0.717) is 31.1 Å². The Morgan fingerprint density at radius 2 is 1.38 bits per heavy atom. The fourth-order valence-electron chi connectivity index (χ4n) is 6.38. The number of hydrogen-bond donors (Lipinski definition) is 2. The molecule has 0 saturated heterocycles. The summed E-state index contributed by atoms with van der Waals surface area (Å²) >= 11 is 0. The average Bonchev–Trinajstić information content (AvgIpc) is 3.63. The number of amides is 1. The number of ether oxygens (including phenoxy) is 2. The molecule has 5 aromatic carbocycles. The van der Waals surface area contributed by atoms with Crippen molar-refractivity contribution in [2.24, 2.45) is 4.99 Å². The first-order valence-electron chi connectivity index (χ1n) is 15.3. The molecular weight excluding hydrogens is 560 g/mol. The minimum Gasteiger partial charge on any atom is -0.494 e. The summed E-state index contributed by atoms with van der Waals surface area (Å²) in [6, 6.07) is 43.6. The van der Waals surface area contributed by atoms with E-state index in [1.165, 1.54) is 0 Å². The van der Waals surface area contributed by atoms with E-state index in [2.05, 4.69) is 29.6 Å². The molecule has 0 saturated carbocycles. The molecule has 1 aliphatic heterocycles. The zero-order valence-electron chi connectivity index (χ0n) is 24.8. The predicted molar refractivity (Wildman–Crippen MR) is 175 cm³/mol. The van der Waals surface area contributed by atoms with Crippen LogP contribution in [0.4, 0.5) is 0 Å². The molecule has 7 rings (SSSR count). The average molecular weight is 595 g/mol. The van der Waals surface area contributed by atoms with Crippen LogP contribution >= 0.6 is 0 Å². The van der Waals surface area contributed by atoms with Gasteiger partial charge in [0.15, 0.2) is 11.6 Å². The van der Waals surface area contributed by atoms with Gasteiger partial charge in [0.25, 0.3) is 5.91 Å². The monoisotopic (exact) mass is 594 g/mol. The zero-order valence-corrected chi connectivity index (χ0v) is 24.8. The maximum absolute atomic E-state index is 15.0. The number of nitrogens with zero attached hydrogens (tertiary/aromatic N) is 1. The van der Waals surface area contributed by atoms with Crippen LogP contribution in [0.15, 0.2) is 138 Å². The first kappa shape index (κ1) is 28.6. The third kappa shape index (κ3) is 5.49. The fourth-order valence-corrected chi connectivity index (χ4v) is 6.38. The van der Waals surface area contributed by atoms with Gasteiger partial charge in [0.05, 0.1) is 12.6 Å². The summed E-state index contributed by atoms with van der Waals surface area (Å²) in [4.78, 5) is 20.2. The number of carbonyl (C=O) groups is 1. The van der Waals surface area contributed by atoms with Crippen LogP contribution in [-0.4, -0.2) is 35.7 Å². The maximum atomic E-state index is 15.0. The Kier molecular flexibility index (Phi) is 7.89. The molecule has 0 fully saturated rings. The van der Waals surface area contributed by atoms with Crippen molar-refractivity contribution in [1.29, 1.82) is 0 Å². The first-order valence-corrected chi connectivity index (χ1v) is 15.3. The fraction of sp³-hybridized carbons (Fsp3) is 0.179. The van der Waals surface area contributed by atoms with Gasteiger partial charge in [-0.15, -0.1) is 0 Å². The van der Waals surface area contributed by atoms with Crippen molar-refractivity contribution < 1.29 is 19.4 Å². The van der Waals surface area contributed by atoms with E-state index in [0.717, 1.165) is 38.9 Å². The van der Waals surface area contributed by atoms with Crippen LogP contribution in [0.5, 0.6) is 5.75 Å². The number of nitrogens with one attached hydrogen (secondary N) is 1. The molecule has 0 unspecified atom stereocenters. The third-order valence-corrected chi connectivity index (χ3v) is 8.56. The standard InChI is InChI=1S/C39H34N2O4/c42-24-11-25-44-30-22-20-29(21-23-30)37-41-39(26-27-12-3-1-4-13-27,36(45-37)28-14-5-2-6-15-28)38(43)40-35-33-18-9-7-16-31(33)32-17-8-10-19-34(32)35/h1-10,12-23,35-36,42H,11,24-26H2,(H,40,43)/t36-,39-/m1/s1. The molecule has 0 spiro atoms. The highest BCUT2D eigenvalue weighted by Crippen LogP contribution is 2.46. The molecule has 1 aliphatic carbocycles. The Morgan fingerprint density at radius 3 is 2.02 bits per heavy atom. The summed E-state index contributed by atoms with van der Waals surface area (Å²) in [6.07, 6.45) is 0.242. The van der Waals surface area contributed by atoms with Gasteiger partial charge in [-0.3, -0.25) is 4.79 Å². The van der Waals surface area contributed by atoms with Crippen LogP contribution in [0, 0.1) is 0 Å². The van der Waals surface area contributed by atoms with Gasteiger partial charge in [-0.05, 0) is 57.6 Å². The van der Waals surface area contributed by atoms with Crippen molar-refractivity contribution in [3.05, 3.63) is 161 Å². The van der Waals surface area contributed by atoms with Crippen molar-refractivity contribution in [2.45, 2.75) is 30.5 Å². The molecule has 0 radical (unpaired) electrons. The van der Waals surface area contributed by atoms with E-state index in [1.807, 2.05) is 109 Å². The Bertz CT molecular complexity index is 1780. The lowest BCUT2D eigenvalue weighted by Gasteiger charge is -2.32. The highest BCUT2D eigenvalue weighted by molar-refractivity contribution is 6.01. The van der Waals surface area contributed by atoms with Crippen molar-refractivity contribution in [3.63, 3.8) is 0 Å². The van der Waals surface area contributed by atoms with Crippen LogP contribution in [-0.2, 0) is 16.0 Å². The van der Waals surface area contributed by atoms with Gasteiger partial charge in [-0.2, -0.15) is 0 Å². The maximum Gasteiger partial charge on any atom is 0.253 e. The van der Waals surface area contributed by atoms with E-state index >= 15 is 0 Å². The number of aliphatic imine (C=N–C) groups is 1. The molecule has 45 heavy (non-hydrogen) atoms. The van der Waals surface area contributed by atoms with E-state index in [-0.39, 0.29) is 18.6 Å². The molecule has 1 heterocycles. The predicted octanol–water partition coefficient (Wildman–Crippen LogP) is 6.83. The quantitative estimate of drug-likeness (QED) is 0.174. The normalized spacial score (nSPS) is 18.4. The van der Waals surface area contributed by atoms with Gasteiger partial charge in [0.2, 0.25) is 5.90 Å². The van der Waals surface area contributed by atoms with Crippen LogP contribution in [0.25, 0.3) is 11.1 Å². The lowest BCUT2D eigenvalue weighted by molar-refractivity contribution is -0.129. The Hall–Kier alpha value is -5.20. The minimum absolute atomic E-state index is 0.0766. The number of fused-ring (bicyclic) bond motifs is 3. The number of rotatable bonds is 10. The highest BCUT2D eigenvalue weighted by Gasteiger charge is 2.54. The van der Waals surface area contributed by atoms with Crippen LogP contribution in [0.1, 0.15) is 46.4 Å². The van der Waals surface area contributed by atoms with E-state index < -0.39 is 11.6 Å². The minimum atomic E-state index is -1.29. The molecule has 6 heteroatoms. The highest BCUT2D eigenvalue weighted by atomic mass is 16.5. The van der Waals surface area contributed by atoms with Crippen molar-refractivity contribution in [1.82, 2.24) is 5.32 Å². The summed E-state index contributed by atoms with van der Waals surface area (Å²) in [5.41, 5.74) is 5.72. The van der Waals surface area contributed by atoms with Crippen LogP contribution in [0.3, 0.4) is 0 Å². The molecule has 2 N–H and O–H groups in total. The summed E-state index contributed by atoms with van der Waals surface area (Å²) in [5.74, 6) is 0.900. The Balaban J connectivity index is 1.32. The van der Waals surface area contributed by atoms with Crippen LogP contribution < -0.4 is 10.1 Å². The van der Waals surface area contributed by atoms with Crippen molar-refractivity contribution in [3.8, 4) is 16.9 Å². The topological polar surface area (TPSA) is 80.2 Å². The number of hydrogen-bond acceptors (Lipinski definition) is 5. The summed E-state index contributed by atoms with van der Waals surface area (Å²) in [7, 11) is 0. The van der Waals surface area contributed by atoms with Crippen molar-refractivity contribution in [2.75, 3.05) is 13.2 Å². The zero-order chi connectivity index (χ0) is 30.6. The molecule has 5 aromatic rings. The summed E-state index contributed by atoms with van der Waals surface area (Å²) in [5, 5.41) is 12.5. The van der Waals surface area contributed by atoms with Gasteiger partial charge < -0.3 is 19.9 Å². The van der Waals surface area contributed by atoms with Crippen LogP contribution in [0.2, 0.25) is 0 Å². The first-order chi connectivity index (χ1) is 22.2. The van der Waals surface area contributed by atoms with Gasteiger partial charge in [0, 0.05) is 25.0 Å². The molecule has 6 nitrogen and oxygen atoms in total. The largest absolute Gasteiger partial charge is 0.494 e. The Labute approximate surface area is 263 Å². The second-order valence-corrected chi connectivity index (χ2v) is 11.4. The lowest BCUT2D eigenvalue weighted by Crippen LogP contribution is -2.50. The molecule has 1 amide bonds. The number of carbonyl (C=O) groups excluding carboxylic acids is 1. The molecule has 2 aliphatic rings. The number of aliphatic hydroxyl groups is 1. The third-order valence-electron chi connectivity index (χ3n) is 8.56. The Morgan fingerprint density at radius 1 is 0.778 bits per heavy atom. The summed E-state index contributed by atoms with van der Waals surface area (Å²) < 4.78 is 12.4. The smallest absolute Gasteiger partial charge is 0.253 e.